The van der Waals surface area contributed by atoms with E-state index in [1.54, 1.807) is 6.20 Å². The number of aryl methyl sites for hydroxylation is 1. The Balaban J connectivity index is 2.46. The summed E-state index contributed by atoms with van der Waals surface area (Å²) in [6, 6.07) is 3.97. The predicted molar refractivity (Wildman–Crippen MR) is 55.4 cm³/mol. The lowest BCUT2D eigenvalue weighted by molar-refractivity contribution is 0.707. The highest BCUT2D eigenvalue weighted by Crippen LogP contribution is 2.04. The minimum Gasteiger partial charge on any atom is -0.260 e. The highest BCUT2D eigenvalue weighted by atomic mass is 14.7. The van der Waals surface area contributed by atoms with Gasteiger partial charge in [0.1, 0.15) is 0 Å². The lowest BCUT2D eigenvalue weighted by Gasteiger charge is -1.99. The Morgan fingerprint density at radius 1 is 1.38 bits per heavy atom. The van der Waals surface area contributed by atoms with Gasteiger partial charge in [-0.3, -0.25) is 4.98 Å². The number of pyridine rings is 1. The van der Waals surface area contributed by atoms with Crippen molar-refractivity contribution in [2.45, 2.75) is 32.6 Å². The van der Waals surface area contributed by atoms with Crippen LogP contribution in [0, 0.1) is 12.3 Å². The summed E-state index contributed by atoms with van der Waals surface area (Å²) in [6.45, 7) is 2.20. The van der Waals surface area contributed by atoms with Crippen LogP contribution in [0.1, 0.15) is 37.4 Å². The van der Waals surface area contributed by atoms with Gasteiger partial charge >= 0.3 is 0 Å². The Bertz CT molecular complexity index is 279. The number of terminal acetylenes is 1. The third-order valence-corrected chi connectivity index (χ3v) is 2.03. The van der Waals surface area contributed by atoms with Crippen molar-refractivity contribution in [1.29, 1.82) is 0 Å². The molecule has 0 aromatic carbocycles. The molecule has 0 saturated carbocycles. The Kier molecular flexibility index (Phi) is 4.05. The summed E-state index contributed by atoms with van der Waals surface area (Å²) in [5.41, 5.74) is 2.01. The summed E-state index contributed by atoms with van der Waals surface area (Å²) in [6.07, 6.45) is 11.8. The Labute approximate surface area is 80.2 Å². The molecule has 13 heavy (non-hydrogen) atoms. The lowest BCUT2D eigenvalue weighted by atomic mass is 10.1. The second-order valence-corrected chi connectivity index (χ2v) is 3.14. The molecule has 0 aliphatic carbocycles. The summed E-state index contributed by atoms with van der Waals surface area (Å²) < 4.78 is 0. The molecule has 0 radical (unpaired) electrons. The molecule has 0 saturated heterocycles. The van der Waals surface area contributed by atoms with Crippen LogP contribution in [-0.4, -0.2) is 4.98 Å². The van der Waals surface area contributed by atoms with Crippen LogP contribution in [0.25, 0.3) is 0 Å². The lowest BCUT2D eigenvalue weighted by Crippen LogP contribution is -1.90. The molecule has 1 rings (SSSR count). The highest BCUT2D eigenvalue weighted by Gasteiger charge is 1.93. The van der Waals surface area contributed by atoms with Crippen LogP contribution in [0.3, 0.4) is 0 Å². The summed E-state index contributed by atoms with van der Waals surface area (Å²) in [5.74, 6) is 2.56. The molecule has 1 heterocycles. The van der Waals surface area contributed by atoms with Crippen LogP contribution in [-0.2, 0) is 6.42 Å². The van der Waals surface area contributed by atoms with E-state index in [4.69, 9.17) is 6.42 Å². The van der Waals surface area contributed by atoms with Crippen molar-refractivity contribution in [2.24, 2.45) is 0 Å². The zero-order valence-corrected chi connectivity index (χ0v) is 8.09. The molecule has 1 aromatic rings. The van der Waals surface area contributed by atoms with Crippen molar-refractivity contribution >= 4 is 0 Å². The maximum Gasteiger partial charge on any atom is 0.0427 e. The van der Waals surface area contributed by atoms with Crippen molar-refractivity contribution in [1.82, 2.24) is 4.98 Å². The van der Waals surface area contributed by atoms with Crippen LogP contribution in [0.2, 0.25) is 0 Å². The largest absolute Gasteiger partial charge is 0.260 e. The first kappa shape index (κ1) is 9.80. The van der Waals surface area contributed by atoms with E-state index in [1.165, 1.54) is 19.3 Å². The van der Waals surface area contributed by atoms with Crippen LogP contribution < -0.4 is 0 Å². The van der Waals surface area contributed by atoms with Gasteiger partial charge < -0.3 is 0 Å². The van der Waals surface area contributed by atoms with Gasteiger partial charge in [-0.1, -0.05) is 25.7 Å². The Morgan fingerprint density at radius 2 is 2.23 bits per heavy atom. The average molecular weight is 173 g/mol. The van der Waals surface area contributed by atoms with Crippen LogP contribution >= 0.6 is 0 Å². The SMILES string of the molecule is C#Cc1ccc(CCCCC)nc1. The molecule has 1 nitrogen and oxygen atoms in total. The first-order valence-electron chi connectivity index (χ1n) is 4.78. The molecule has 1 aromatic heterocycles. The number of hydrogen-bond donors (Lipinski definition) is 0. The number of unbranched alkanes of at least 4 members (excludes halogenated alkanes) is 2. The molecule has 0 N–H and O–H groups in total. The molecular formula is C12H15N. The second-order valence-electron chi connectivity index (χ2n) is 3.14. The van der Waals surface area contributed by atoms with E-state index in [0.717, 1.165) is 17.7 Å². The molecule has 0 spiro atoms. The normalized spacial score (nSPS) is 9.54. The number of rotatable bonds is 4. The smallest absolute Gasteiger partial charge is 0.0427 e. The number of aromatic nitrogens is 1. The molecule has 1 heteroatoms. The van der Waals surface area contributed by atoms with E-state index < -0.39 is 0 Å². The van der Waals surface area contributed by atoms with Gasteiger partial charge in [-0.15, -0.1) is 6.42 Å². The van der Waals surface area contributed by atoms with E-state index in [1.807, 2.05) is 12.1 Å². The summed E-state index contributed by atoms with van der Waals surface area (Å²) in [5, 5.41) is 0. The van der Waals surface area contributed by atoms with Gasteiger partial charge in [-0.25, -0.2) is 0 Å². The first-order chi connectivity index (χ1) is 6.36. The van der Waals surface area contributed by atoms with E-state index in [9.17, 15) is 0 Å². The van der Waals surface area contributed by atoms with Gasteiger partial charge in [0.15, 0.2) is 0 Å². The van der Waals surface area contributed by atoms with Gasteiger partial charge in [0.25, 0.3) is 0 Å². The van der Waals surface area contributed by atoms with E-state index >= 15 is 0 Å². The molecule has 0 bridgehead atoms. The maximum absolute atomic E-state index is 5.23. The van der Waals surface area contributed by atoms with Crippen molar-refractivity contribution in [3.63, 3.8) is 0 Å². The van der Waals surface area contributed by atoms with Crippen molar-refractivity contribution in [3.05, 3.63) is 29.6 Å². The van der Waals surface area contributed by atoms with E-state index in [2.05, 4.69) is 17.8 Å². The third-order valence-electron chi connectivity index (χ3n) is 2.03. The van der Waals surface area contributed by atoms with Crippen molar-refractivity contribution in [2.75, 3.05) is 0 Å². The predicted octanol–water partition coefficient (Wildman–Crippen LogP) is 2.80. The standard InChI is InChI=1S/C12H15N/c1-3-5-6-7-12-9-8-11(4-2)10-13-12/h2,8-10H,3,5-7H2,1H3. The summed E-state index contributed by atoms with van der Waals surface area (Å²) >= 11 is 0. The molecule has 0 aliphatic rings. The quantitative estimate of drug-likeness (QED) is 0.504. The van der Waals surface area contributed by atoms with Crippen molar-refractivity contribution < 1.29 is 0 Å². The Hall–Kier alpha value is -1.29. The zero-order chi connectivity index (χ0) is 9.52. The molecule has 0 amide bonds. The Morgan fingerprint density at radius 3 is 2.77 bits per heavy atom. The summed E-state index contributed by atoms with van der Waals surface area (Å²) in [4.78, 5) is 4.28. The highest BCUT2D eigenvalue weighted by molar-refractivity contribution is 5.29. The third kappa shape index (κ3) is 3.29. The molecule has 0 fully saturated rings. The average Bonchev–Trinajstić information content (AvgIpc) is 2.19. The van der Waals surface area contributed by atoms with Gasteiger partial charge in [-0.2, -0.15) is 0 Å². The zero-order valence-electron chi connectivity index (χ0n) is 8.09. The number of hydrogen-bond acceptors (Lipinski definition) is 1. The number of nitrogens with zero attached hydrogens (tertiary/aromatic N) is 1. The summed E-state index contributed by atoms with van der Waals surface area (Å²) in [7, 11) is 0. The molecule has 0 unspecified atom stereocenters. The molecule has 0 aliphatic heterocycles. The van der Waals surface area contributed by atoms with Gasteiger partial charge in [0, 0.05) is 17.5 Å². The van der Waals surface area contributed by atoms with Gasteiger partial charge in [0.05, 0.1) is 0 Å². The molecule has 68 valence electrons. The monoisotopic (exact) mass is 173 g/mol. The van der Waals surface area contributed by atoms with E-state index in [-0.39, 0.29) is 0 Å². The second kappa shape index (κ2) is 5.37. The van der Waals surface area contributed by atoms with Gasteiger partial charge in [-0.05, 0) is 25.0 Å². The van der Waals surface area contributed by atoms with Crippen molar-refractivity contribution in [3.8, 4) is 12.3 Å². The maximum atomic E-state index is 5.23. The first-order valence-corrected chi connectivity index (χ1v) is 4.78. The van der Waals surface area contributed by atoms with Crippen LogP contribution in [0.4, 0.5) is 0 Å². The fraction of sp³-hybridized carbons (Fsp3) is 0.417. The minimum absolute atomic E-state index is 0.860. The van der Waals surface area contributed by atoms with E-state index in [0.29, 0.717) is 0 Å². The molecular weight excluding hydrogens is 158 g/mol. The minimum atomic E-state index is 0.860. The fourth-order valence-corrected chi connectivity index (χ4v) is 1.21. The molecule has 0 atom stereocenters. The van der Waals surface area contributed by atoms with Crippen LogP contribution in [0.15, 0.2) is 18.3 Å². The topological polar surface area (TPSA) is 12.9 Å². The van der Waals surface area contributed by atoms with Gasteiger partial charge in [0.2, 0.25) is 0 Å². The van der Waals surface area contributed by atoms with Crippen LogP contribution in [0.5, 0.6) is 0 Å². The fourth-order valence-electron chi connectivity index (χ4n) is 1.21.